The number of alkyl halides is 3. The number of likely N-dealkylation sites (N-methyl/N-ethyl adjacent to an activating group) is 1. The lowest BCUT2D eigenvalue weighted by molar-refractivity contribution is -0.140. The Morgan fingerprint density at radius 2 is 1.96 bits per heavy atom. The number of guanidine groups is 1. The van der Waals surface area contributed by atoms with E-state index in [1.54, 1.807) is 7.05 Å². The predicted octanol–water partition coefficient (Wildman–Crippen LogP) is 2.21. The van der Waals surface area contributed by atoms with Gasteiger partial charge in [0.1, 0.15) is 0 Å². The Kier molecular flexibility index (Phi) is 6.82. The Balaban J connectivity index is 2.43. The van der Waals surface area contributed by atoms with Crippen molar-refractivity contribution >= 4 is 17.3 Å². The highest BCUT2D eigenvalue weighted by atomic mass is 32.1. The Bertz CT molecular complexity index is 523. The maximum absolute atomic E-state index is 12.5. The smallest absolute Gasteiger partial charge is 0.356 e. The third-order valence-corrected chi connectivity index (χ3v) is 4.50. The molecule has 23 heavy (non-hydrogen) atoms. The molecule has 0 fully saturated rings. The van der Waals surface area contributed by atoms with Crippen molar-refractivity contribution in [3.63, 3.8) is 0 Å². The standard InChI is InChI=1S/C14H24F3N5S/c1-13(2,22(4)5)9-20-12(18-3)19-7-6-11-21-10(8-23-11)14(15,16)17/h8H,6-7,9H2,1-5H3,(H2,18,19,20). The lowest BCUT2D eigenvalue weighted by Crippen LogP contribution is -2.51. The summed E-state index contributed by atoms with van der Waals surface area (Å²) in [5.74, 6) is 0.618. The number of hydrogen-bond donors (Lipinski definition) is 2. The van der Waals surface area contributed by atoms with Crippen LogP contribution in [-0.4, -0.2) is 55.6 Å². The molecule has 0 radical (unpaired) electrons. The summed E-state index contributed by atoms with van der Waals surface area (Å²) in [4.78, 5) is 9.80. The average molecular weight is 351 g/mol. The predicted molar refractivity (Wildman–Crippen MR) is 88.0 cm³/mol. The fourth-order valence-corrected chi connectivity index (χ4v) is 2.33. The number of thiazole rings is 1. The van der Waals surface area contributed by atoms with E-state index >= 15 is 0 Å². The lowest BCUT2D eigenvalue weighted by atomic mass is 10.0. The maximum Gasteiger partial charge on any atom is 0.434 e. The van der Waals surface area contributed by atoms with E-state index < -0.39 is 11.9 Å². The first kappa shape index (κ1) is 19.7. The number of hydrogen-bond acceptors (Lipinski definition) is 4. The van der Waals surface area contributed by atoms with Crippen molar-refractivity contribution in [3.05, 3.63) is 16.1 Å². The van der Waals surface area contributed by atoms with Gasteiger partial charge in [-0.05, 0) is 27.9 Å². The van der Waals surface area contributed by atoms with E-state index in [9.17, 15) is 13.2 Å². The van der Waals surface area contributed by atoms with Gasteiger partial charge in [-0.2, -0.15) is 13.2 Å². The molecular weight excluding hydrogens is 327 g/mol. The zero-order valence-electron chi connectivity index (χ0n) is 14.1. The van der Waals surface area contributed by atoms with Gasteiger partial charge in [0, 0.05) is 37.5 Å². The van der Waals surface area contributed by atoms with Gasteiger partial charge < -0.3 is 15.5 Å². The zero-order chi connectivity index (χ0) is 17.7. The maximum atomic E-state index is 12.5. The number of aliphatic imine (C=N–C) groups is 1. The zero-order valence-corrected chi connectivity index (χ0v) is 14.9. The molecule has 0 aliphatic heterocycles. The molecule has 9 heteroatoms. The summed E-state index contributed by atoms with van der Waals surface area (Å²) in [5, 5.41) is 7.79. The van der Waals surface area contributed by atoms with Crippen LogP contribution in [0, 0.1) is 0 Å². The normalized spacial score (nSPS) is 13.5. The van der Waals surface area contributed by atoms with Crippen molar-refractivity contribution < 1.29 is 13.2 Å². The number of halogens is 3. The summed E-state index contributed by atoms with van der Waals surface area (Å²) in [6.07, 6.45) is -3.96. The van der Waals surface area contributed by atoms with Crippen LogP contribution in [0.1, 0.15) is 24.5 Å². The lowest BCUT2D eigenvalue weighted by Gasteiger charge is -2.33. The monoisotopic (exact) mass is 351 g/mol. The molecule has 0 amide bonds. The van der Waals surface area contributed by atoms with Gasteiger partial charge in [-0.3, -0.25) is 4.99 Å². The minimum absolute atomic E-state index is 0.0471. The fourth-order valence-electron chi connectivity index (χ4n) is 1.52. The molecule has 0 atom stereocenters. The van der Waals surface area contributed by atoms with E-state index in [1.807, 2.05) is 14.1 Å². The van der Waals surface area contributed by atoms with Gasteiger partial charge in [0.05, 0.1) is 5.01 Å². The summed E-state index contributed by atoms with van der Waals surface area (Å²) in [6.45, 7) is 5.35. The van der Waals surface area contributed by atoms with Crippen molar-refractivity contribution in [1.82, 2.24) is 20.5 Å². The van der Waals surface area contributed by atoms with Gasteiger partial charge in [-0.25, -0.2) is 4.98 Å². The second kappa shape index (κ2) is 7.96. The Hall–Kier alpha value is -1.35. The van der Waals surface area contributed by atoms with Gasteiger partial charge in [0.15, 0.2) is 11.7 Å². The Morgan fingerprint density at radius 3 is 2.43 bits per heavy atom. The molecule has 0 aliphatic rings. The SMILES string of the molecule is CN=C(NCCc1nc(C(F)(F)F)cs1)NCC(C)(C)N(C)C. The van der Waals surface area contributed by atoms with Crippen LogP contribution in [-0.2, 0) is 12.6 Å². The van der Waals surface area contributed by atoms with Crippen molar-refractivity contribution in [2.24, 2.45) is 4.99 Å². The Morgan fingerprint density at radius 1 is 1.30 bits per heavy atom. The van der Waals surface area contributed by atoms with E-state index in [2.05, 4.69) is 39.4 Å². The van der Waals surface area contributed by atoms with Gasteiger partial charge in [-0.15, -0.1) is 11.3 Å². The number of aromatic nitrogens is 1. The second-order valence-corrected chi connectivity index (χ2v) is 6.88. The molecule has 0 bridgehead atoms. The molecule has 0 aliphatic carbocycles. The number of nitrogens with zero attached hydrogens (tertiary/aromatic N) is 3. The van der Waals surface area contributed by atoms with E-state index in [0.29, 0.717) is 30.5 Å². The topological polar surface area (TPSA) is 52.6 Å². The summed E-state index contributed by atoms with van der Waals surface area (Å²) < 4.78 is 37.4. The first-order valence-electron chi connectivity index (χ1n) is 7.20. The molecule has 0 saturated carbocycles. The van der Waals surface area contributed by atoms with E-state index in [-0.39, 0.29) is 5.54 Å². The molecule has 132 valence electrons. The third-order valence-electron chi connectivity index (χ3n) is 3.60. The van der Waals surface area contributed by atoms with Gasteiger partial charge in [-0.1, -0.05) is 0 Å². The summed E-state index contributed by atoms with van der Waals surface area (Å²) in [5.41, 5.74) is -0.873. The van der Waals surface area contributed by atoms with Crippen molar-refractivity contribution in [2.75, 3.05) is 34.2 Å². The molecule has 1 rings (SSSR count). The summed E-state index contributed by atoms with van der Waals surface area (Å²) >= 11 is 1.02. The molecule has 0 aromatic carbocycles. The summed E-state index contributed by atoms with van der Waals surface area (Å²) in [7, 11) is 5.65. The minimum atomic E-state index is -4.38. The van der Waals surface area contributed by atoms with Crippen LogP contribution in [0.4, 0.5) is 13.2 Å². The van der Waals surface area contributed by atoms with Gasteiger partial charge >= 0.3 is 6.18 Å². The highest BCUT2D eigenvalue weighted by molar-refractivity contribution is 7.09. The second-order valence-electron chi connectivity index (χ2n) is 5.93. The fraction of sp³-hybridized carbons (Fsp3) is 0.714. The molecule has 1 heterocycles. The van der Waals surface area contributed by atoms with Crippen LogP contribution < -0.4 is 10.6 Å². The first-order valence-corrected chi connectivity index (χ1v) is 8.08. The van der Waals surface area contributed by atoms with Crippen molar-refractivity contribution in [1.29, 1.82) is 0 Å². The highest BCUT2D eigenvalue weighted by Crippen LogP contribution is 2.29. The minimum Gasteiger partial charge on any atom is -0.356 e. The molecule has 0 unspecified atom stereocenters. The molecular formula is C14H24F3N5S. The quantitative estimate of drug-likeness (QED) is 0.609. The molecule has 0 saturated heterocycles. The van der Waals surface area contributed by atoms with E-state index in [1.165, 1.54) is 0 Å². The first-order chi connectivity index (χ1) is 10.6. The molecule has 1 aromatic rings. The number of nitrogens with one attached hydrogen (secondary N) is 2. The van der Waals surface area contributed by atoms with E-state index in [4.69, 9.17) is 0 Å². The van der Waals surface area contributed by atoms with Crippen LogP contribution in [0.3, 0.4) is 0 Å². The van der Waals surface area contributed by atoms with Gasteiger partial charge in [0.25, 0.3) is 0 Å². The van der Waals surface area contributed by atoms with E-state index in [0.717, 1.165) is 16.7 Å². The van der Waals surface area contributed by atoms with Crippen LogP contribution >= 0.6 is 11.3 Å². The van der Waals surface area contributed by atoms with Crippen molar-refractivity contribution in [3.8, 4) is 0 Å². The van der Waals surface area contributed by atoms with Crippen LogP contribution in [0.15, 0.2) is 10.4 Å². The summed E-state index contributed by atoms with van der Waals surface area (Å²) in [6, 6.07) is 0. The average Bonchev–Trinajstić information content (AvgIpc) is 2.91. The molecule has 5 nitrogen and oxygen atoms in total. The molecule has 0 spiro atoms. The number of rotatable bonds is 6. The third kappa shape index (κ3) is 6.34. The van der Waals surface area contributed by atoms with Gasteiger partial charge in [0.2, 0.25) is 0 Å². The molecule has 2 N–H and O–H groups in total. The highest BCUT2D eigenvalue weighted by Gasteiger charge is 2.33. The van der Waals surface area contributed by atoms with Crippen molar-refractivity contribution in [2.45, 2.75) is 32.0 Å². The van der Waals surface area contributed by atoms with Crippen LogP contribution in [0.25, 0.3) is 0 Å². The molecule has 1 aromatic heterocycles. The van der Waals surface area contributed by atoms with Crippen LogP contribution in [0.5, 0.6) is 0 Å². The Labute approximate surface area is 139 Å². The largest absolute Gasteiger partial charge is 0.434 e. The van der Waals surface area contributed by atoms with Crippen LogP contribution in [0.2, 0.25) is 0 Å².